The van der Waals surface area contributed by atoms with Crippen molar-refractivity contribution in [3.05, 3.63) is 33.3 Å². The number of nitrogens with zero attached hydrogens (tertiary/aromatic N) is 2. The van der Waals surface area contributed by atoms with Crippen molar-refractivity contribution in [2.75, 3.05) is 12.1 Å². The van der Waals surface area contributed by atoms with Crippen LogP contribution in [0.5, 0.6) is 0 Å². The summed E-state index contributed by atoms with van der Waals surface area (Å²) in [5.41, 5.74) is 2.14. The predicted octanol–water partition coefficient (Wildman–Crippen LogP) is 3.12. The largest absolute Gasteiger partial charge is 0.443 e. The Morgan fingerprint density at radius 3 is 2.50 bits per heavy atom. The van der Waals surface area contributed by atoms with Crippen LogP contribution in [0.2, 0.25) is 5.02 Å². The monoisotopic (exact) mass is 301 g/mol. The van der Waals surface area contributed by atoms with Crippen LogP contribution >= 0.6 is 11.6 Å². The molecule has 1 rings (SSSR count). The van der Waals surface area contributed by atoms with Crippen LogP contribution in [0.3, 0.4) is 0 Å². The van der Waals surface area contributed by atoms with Crippen molar-refractivity contribution in [2.45, 2.75) is 26.4 Å². The van der Waals surface area contributed by atoms with Gasteiger partial charge in [0.1, 0.15) is 5.60 Å². The Morgan fingerprint density at radius 2 is 2.05 bits per heavy atom. The van der Waals surface area contributed by atoms with E-state index in [-0.39, 0.29) is 10.7 Å². The lowest BCUT2D eigenvalue weighted by molar-refractivity contribution is -0.384. The van der Waals surface area contributed by atoms with Gasteiger partial charge in [-0.25, -0.2) is 10.2 Å². The fourth-order valence-corrected chi connectivity index (χ4v) is 1.68. The molecule has 1 aromatic carbocycles. The maximum atomic E-state index is 11.6. The first-order valence-corrected chi connectivity index (χ1v) is 6.15. The molecule has 0 saturated heterocycles. The molecular formula is C12H16ClN3O4. The van der Waals surface area contributed by atoms with Gasteiger partial charge in [0, 0.05) is 19.2 Å². The van der Waals surface area contributed by atoms with E-state index >= 15 is 0 Å². The normalized spacial score (nSPS) is 10.8. The van der Waals surface area contributed by atoms with Gasteiger partial charge in [-0.2, -0.15) is 0 Å². The molecule has 20 heavy (non-hydrogen) atoms. The maximum Gasteiger partial charge on any atom is 0.426 e. The zero-order valence-electron chi connectivity index (χ0n) is 11.6. The predicted molar refractivity (Wildman–Crippen MR) is 75.9 cm³/mol. The molecule has 0 saturated carbocycles. The molecule has 0 aliphatic rings. The summed E-state index contributed by atoms with van der Waals surface area (Å²) in [6.07, 6.45) is -0.644. The second-order valence-corrected chi connectivity index (χ2v) is 5.47. The topological polar surface area (TPSA) is 84.7 Å². The average Bonchev–Trinajstić information content (AvgIpc) is 2.25. The van der Waals surface area contributed by atoms with E-state index in [4.69, 9.17) is 16.3 Å². The van der Waals surface area contributed by atoms with E-state index in [9.17, 15) is 14.9 Å². The molecule has 1 amide bonds. The van der Waals surface area contributed by atoms with E-state index in [2.05, 4.69) is 5.43 Å². The second-order valence-electron chi connectivity index (χ2n) is 5.07. The lowest BCUT2D eigenvalue weighted by atomic mass is 10.2. The summed E-state index contributed by atoms with van der Waals surface area (Å²) in [4.78, 5) is 21.7. The summed E-state index contributed by atoms with van der Waals surface area (Å²) in [6, 6.07) is 3.95. The van der Waals surface area contributed by atoms with E-state index in [0.717, 1.165) is 0 Å². The Labute approximate surface area is 121 Å². The summed E-state index contributed by atoms with van der Waals surface area (Å²) < 4.78 is 5.09. The van der Waals surface area contributed by atoms with Crippen molar-refractivity contribution >= 4 is 29.1 Å². The van der Waals surface area contributed by atoms with Crippen LogP contribution < -0.4 is 10.4 Å². The third-order valence-corrected chi connectivity index (χ3v) is 2.46. The lowest BCUT2D eigenvalue weighted by Gasteiger charge is -2.25. The van der Waals surface area contributed by atoms with E-state index in [1.165, 1.54) is 23.2 Å². The Kier molecular flexibility index (Phi) is 4.78. The zero-order valence-corrected chi connectivity index (χ0v) is 12.4. The van der Waals surface area contributed by atoms with Crippen LogP contribution in [0, 0.1) is 10.1 Å². The standard InChI is InChI=1S/C12H16ClN3O4/c1-12(2,3)20-11(17)14-15(4)10-6-5-8(16(18)19)7-9(10)13/h5-7H,1-4H3,(H,14,17). The summed E-state index contributed by atoms with van der Waals surface area (Å²) >= 11 is 5.95. The van der Waals surface area contributed by atoms with Gasteiger partial charge in [-0.15, -0.1) is 0 Å². The van der Waals surface area contributed by atoms with Gasteiger partial charge in [0.05, 0.1) is 15.6 Å². The molecule has 110 valence electrons. The molecule has 1 aromatic rings. The number of nitrogens with one attached hydrogen (secondary N) is 1. The van der Waals surface area contributed by atoms with Crippen LogP contribution in [0.1, 0.15) is 20.8 Å². The molecule has 7 nitrogen and oxygen atoms in total. The number of rotatable bonds is 3. The number of halogens is 1. The highest BCUT2D eigenvalue weighted by molar-refractivity contribution is 6.33. The lowest BCUT2D eigenvalue weighted by Crippen LogP contribution is -2.42. The molecule has 0 fully saturated rings. The molecule has 0 atom stereocenters. The Bertz CT molecular complexity index is 528. The molecule has 0 aromatic heterocycles. The summed E-state index contributed by atoms with van der Waals surface area (Å²) in [6.45, 7) is 5.22. The average molecular weight is 302 g/mol. The molecule has 0 aliphatic heterocycles. The van der Waals surface area contributed by atoms with E-state index < -0.39 is 16.6 Å². The summed E-state index contributed by atoms with van der Waals surface area (Å²) in [5, 5.41) is 12.1. The van der Waals surface area contributed by atoms with Crippen LogP contribution in [0.4, 0.5) is 16.2 Å². The number of carbonyl (C=O) groups excluding carboxylic acids is 1. The molecule has 0 aliphatic carbocycles. The van der Waals surface area contributed by atoms with Gasteiger partial charge in [-0.3, -0.25) is 15.1 Å². The van der Waals surface area contributed by atoms with Crippen molar-refractivity contribution in [1.82, 2.24) is 5.43 Å². The Hall–Kier alpha value is -2.02. The van der Waals surface area contributed by atoms with Gasteiger partial charge in [0.2, 0.25) is 0 Å². The van der Waals surface area contributed by atoms with Gasteiger partial charge in [0.15, 0.2) is 0 Å². The van der Waals surface area contributed by atoms with Gasteiger partial charge in [-0.1, -0.05) is 11.6 Å². The van der Waals surface area contributed by atoms with Crippen molar-refractivity contribution in [2.24, 2.45) is 0 Å². The molecule has 0 heterocycles. The zero-order chi connectivity index (χ0) is 15.5. The summed E-state index contributed by atoms with van der Waals surface area (Å²) in [5.74, 6) is 0. The number of non-ortho nitro benzene ring substituents is 1. The molecule has 0 radical (unpaired) electrons. The molecule has 0 bridgehead atoms. The summed E-state index contributed by atoms with van der Waals surface area (Å²) in [7, 11) is 1.55. The quantitative estimate of drug-likeness (QED) is 0.685. The van der Waals surface area contributed by atoms with Crippen LogP contribution in [-0.2, 0) is 4.74 Å². The molecule has 8 heteroatoms. The Morgan fingerprint density at radius 1 is 1.45 bits per heavy atom. The van der Waals surface area contributed by atoms with E-state index in [1.807, 2.05) is 0 Å². The van der Waals surface area contributed by atoms with Gasteiger partial charge in [-0.05, 0) is 26.8 Å². The molecule has 1 N–H and O–H groups in total. The highest BCUT2D eigenvalue weighted by Crippen LogP contribution is 2.28. The van der Waals surface area contributed by atoms with Crippen molar-refractivity contribution < 1.29 is 14.5 Å². The highest BCUT2D eigenvalue weighted by atomic mass is 35.5. The molecule has 0 unspecified atom stereocenters. The SMILES string of the molecule is CN(NC(=O)OC(C)(C)C)c1ccc([N+](=O)[O-])cc1Cl. The van der Waals surface area contributed by atoms with Crippen molar-refractivity contribution in [1.29, 1.82) is 0 Å². The fourth-order valence-electron chi connectivity index (χ4n) is 1.38. The minimum absolute atomic E-state index is 0.121. The van der Waals surface area contributed by atoms with Crippen molar-refractivity contribution in [3.8, 4) is 0 Å². The molecular weight excluding hydrogens is 286 g/mol. The van der Waals surface area contributed by atoms with Crippen LogP contribution in [0.15, 0.2) is 18.2 Å². The molecule has 0 spiro atoms. The number of hydrogen-bond acceptors (Lipinski definition) is 5. The third kappa shape index (κ3) is 4.58. The number of benzene rings is 1. The first kappa shape index (κ1) is 16.0. The fraction of sp³-hybridized carbons (Fsp3) is 0.417. The number of hydrazine groups is 1. The third-order valence-electron chi connectivity index (χ3n) is 2.16. The van der Waals surface area contributed by atoms with Gasteiger partial charge < -0.3 is 4.74 Å². The van der Waals surface area contributed by atoms with Gasteiger partial charge in [0.25, 0.3) is 5.69 Å². The number of anilines is 1. The smallest absolute Gasteiger partial charge is 0.426 e. The first-order chi connectivity index (χ1) is 9.10. The van der Waals surface area contributed by atoms with E-state index in [0.29, 0.717) is 5.69 Å². The van der Waals surface area contributed by atoms with Crippen molar-refractivity contribution in [3.63, 3.8) is 0 Å². The van der Waals surface area contributed by atoms with Crippen LogP contribution in [-0.4, -0.2) is 23.7 Å². The number of amides is 1. The van der Waals surface area contributed by atoms with Gasteiger partial charge >= 0.3 is 6.09 Å². The number of carbonyl (C=O) groups is 1. The van der Waals surface area contributed by atoms with E-state index in [1.54, 1.807) is 27.8 Å². The maximum absolute atomic E-state index is 11.6. The highest BCUT2D eigenvalue weighted by Gasteiger charge is 2.19. The minimum atomic E-state index is -0.644. The Balaban J connectivity index is 2.80. The number of nitro benzene ring substituents is 1. The van der Waals surface area contributed by atoms with Crippen LogP contribution in [0.25, 0.3) is 0 Å². The number of ether oxygens (including phenoxy) is 1. The minimum Gasteiger partial charge on any atom is -0.443 e. The number of nitro groups is 1. The number of hydrogen-bond donors (Lipinski definition) is 1. The second kappa shape index (κ2) is 5.96. The first-order valence-electron chi connectivity index (χ1n) is 5.77.